The predicted molar refractivity (Wildman–Crippen MR) is 107 cm³/mol. The number of aryl methyl sites for hydroxylation is 2. The Hall–Kier alpha value is -3.02. The second kappa shape index (κ2) is 8.78. The summed E-state index contributed by atoms with van der Waals surface area (Å²) in [5.41, 5.74) is 3.63. The standard InChI is InChI=1S/C22H25F2N3O/c1-4-10-28-21-8-7-19(23)18(22(21)24)12-16-13-26-27(3)14-17(11-15(16)2)20-6-5-9-25-20/h5-9,11,13-14,25-26H,4,10,12H2,1-3H3. The molecule has 0 radical (unpaired) electrons. The summed E-state index contributed by atoms with van der Waals surface area (Å²) < 4.78 is 36.5. The molecule has 148 valence electrons. The van der Waals surface area contributed by atoms with Crippen molar-refractivity contribution in [2.75, 3.05) is 6.61 Å². The summed E-state index contributed by atoms with van der Waals surface area (Å²) in [6, 6.07) is 8.51. The first kappa shape index (κ1) is 19.7. The van der Waals surface area contributed by atoms with Gasteiger partial charge >= 0.3 is 0 Å². The first-order valence-electron chi connectivity index (χ1n) is 9.31. The van der Waals surface area contributed by atoms with Crippen LogP contribution in [0.25, 0.3) is 11.3 Å². The van der Waals surface area contributed by atoms with Crippen LogP contribution in [0.2, 0.25) is 0 Å². The van der Waals surface area contributed by atoms with Gasteiger partial charge in [0.05, 0.1) is 6.61 Å². The van der Waals surface area contributed by atoms with E-state index >= 15 is 0 Å². The van der Waals surface area contributed by atoms with E-state index < -0.39 is 11.6 Å². The molecular formula is C22H25F2N3O. The number of benzene rings is 1. The molecule has 0 aliphatic carbocycles. The third-order valence-corrected chi connectivity index (χ3v) is 4.54. The quantitative estimate of drug-likeness (QED) is 0.583. The van der Waals surface area contributed by atoms with Crippen molar-refractivity contribution in [3.63, 3.8) is 0 Å². The Labute approximate surface area is 163 Å². The van der Waals surface area contributed by atoms with E-state index in [9.17, 15) is 8.78 Å². The highest BCUT2D eigenvalue weighted by atomic mass is 19.1. The highest BCUT2D eigenvalue weighted by Gasteiger charge is 2.16. The van der Waals surface area contributed by atoms with Crippen molar-refractivity contribution in [3.8, 4) is 17.0 Å². The number of ether oxygens (including phenoxy) is 1. The van der Waals surface area contributed by atoms with E-state index in [1.165, 1.54) is 12.1 Å². The minimum Gasteiger partial charge on any atom is -0.491 e. The topological polar surface area (TPSA) is 45.7 Å². The fraction of sp³-hybridized carbons (Fsp3) is 0.273. The molecule has 6 heteroatoms. The van der Waals surface area contributed by atoms with Crippen LogP contribution in [0.4, 0.5) is 8.78 Å². The first-order valence-corrected chi connectivity index (χ1v) is 9.31. The number of aromatic nitrogens is 3. The van der Waals surface area contributed by atoms with Gasteiger partial charge in [-0.1, -0.05) is 6.92 Å². The zero-order chi connectivity index (χ0) is 20.1. The number of nitrogens with zero attached hydrogens (tertiary/aromatic N) is 1. The zero-order valence-electron chi connectivity index (χ0n) is 16.4. The molecule has 2 heterocycles. The van der Waals surface area contributed by atoms with Crippen molar-refractivity contribution in [2.24, 2.45) is 7.05 Å². The summed E-state index contributed by atoms with van der Waals surface area (Å²) in [4.78, 5) is 3.18. The van der Waals surface area contributed by atoms with Crippen LogP contribution in [-0.4, -0.2) is 21.4 Å². The number of hydrogen-bond donors (Lipinski definition) is 2. The molecule has 0 bridgehead atoms. The van der Waals surface area contributed by atoms with Gasteiger partial charge in [-0.25, -0.2) is 8.78 Å². The Kier molecular flexibility index (Phi) is 6.19. The minimum absolute atomic E-state index is 0.00281. The van der Waals surface area contributed by atoms with Gasteiger partial charge in [-0.15, -0.1) is 0 Å². The molecule has 2 N–H and O–H groups in total. The summed E-state index contributed by atoms with van der Waals surface area (Å²) in [5.74, 6) is -1.13. The molecule has 0 atom stereocenters. The maximum atomic E-state index is 14.8. The van der Waals surface area contributed by atoms with E-state index in [-0.39, 0.29) is 17.7 Å². The van der Waals surface area contributed by atoms with Crippen molar-refractivity contribution in [2.45, 2.75) is 26.7 Å². The molecule has 2 aromatic heterocycles. The minimum atomic E-state index is -0.641. The lowest BCUT2D eigenvalue weighted by Crippen LogP contribution is -2.05. The van der Waals surface area contributed by atoms with Gasteiger partial charge in [0, 0.05) is 48.9 Å². The van der Waals surface area contributed by atoms with Crippen LogP contribution in [0.3, 0.4) is 0 Å². The fourth-order valence-electron chi connectivity index (χ4n) is 3.00. The van der Waals surface area contributed by atoms with Crippen molar-refractivity contribution in [1.82, 2.24) is 14.8 Å². The van der Waals surface area contributed by atoms with Gasteiger partial charge in [-0.2, -0.15) is 0 Å². The average molecular weight is 385 g/mol. The van der Waals surface area contributed by atoms with Gasteiger partial charge in [0.15, 0.2) is 11.6 Å². The van der Waals surface area contributed by atoms with Crippen LogP contribution < -0.4 is 4.74 Å². The molecule has 0 aliphatic heterocycles. The van der Waals surface area contributed by atoms with Crippen LogP contribution in [0.5, 0.6) is 5.75 Å². The number of rotatable bonds is 6. The molecule has 0 fully saturated rings. The normalized spacial score (nSPS) is 10.8. The SMILES string of the molecule is CCCOc1ccc(F)c(Cc2c[nH]n(C)cc(-c3ccc[nH]3)cc2C)c1F. The molecule has 0 aliphatic rings. The number of nitrogens with one attached hydrogen (secondary N) is 2. The van der Waals surface area contributed by atoms with Gasteiger partial charge in [-0.05, 0) is 54.8 Å². The Morgan fingerprint density at radius 1 is 1.18 bits per heavy atom. The number of halogens is 2. The molecule has 0 saturated heterocycles. The molecule has 3 aromatic rings. The molecule has 0 spiro atoms. The molecule has 1 aromatic carbocycles. The molecule has 0 saturated carbocycles. The van der Waals surface area contributed by atoms with E-state index in [0.717, 1.165) is 28.8 Å². The van der Waals surface area contributed by atoms with E-state index in [0.29, 0.717) is 6.61 Å². The zero-order valence-corrected chi connectivity index (χ0v) is 16.4. The summed E-state index contributed by atoms with van der Waals surface area (Å²) in [6.07, 6.45) is 6.44. The van der Waals surface area contributed by atoms with Crippen molar-refractivity contribution in [3.05, 3.63) is 77.2 Å². The highest BCUT2D eigenvalue weighted by molar-refractivity contribution is 5.58. The molecule has 4 nitrogen and oxygen atoms in total. The maximum absolute atomic E-state index is 14.8. The van der Waals surface area contributed by atoms with Gasteiger partial charge in [0.25, 0.3) is 0 Å². The molecule has 0 amide bonds. The van der Waals surface area contributed by atoms with Gasteiger partial charge in [-0.3, -0.25) is 4.68 Å². The third kappa shape index (κ3) is 4.44. The summed E-state index contributed by atoms with van der Waals surface area (Å²) >= 11 is 0. The van der Waals surface area contributed by atoms with E-state index in [4.69, 9.17) is 4.74 Å². The lowest BCUT2D eigenvalue weighted by molar-refractivity contribution is 0.299. The molecular weight excluding hydrogens is 360 g/mol. The van der Waals surface area contributed by atoms with Gasteiger partial charge < -0.3 is 14.8 Å². The van der Waals surface area contributed by atoms with E-state index in [1.54, 1.807) is 10.9 Å². The number of H-pyrrole nitrogens is 2. The lowest BCUT2D eigenvalue weighted by atomic mass is 10.0. The maximum Gasteiger partial charge on any atom is 0.171 e. The monoisotopic (exact) mass is 385 g/mol. The number of hydrogen-bond acceptors (Lipinski definition) is 1. The summed E-state index contributed by atoms with van der Waals surface area (Å²) in [7, 11) is 1.87. The second-order valence-corrected chi connectivity index (χ2v) is 6.77. The van der Waals surface area contributed by atoms with Crippen LogP contribution in [0, 0.1) is 18.6 Å². The Morgan fingerprint density at radius 3 is 2.71 bits per heavy atom. The van der Waals surface area contributed by atoms with Crippen molar-refractivity contribution >= 4 is 0 Å². The van der Waals surface area contributed by atoms with Crippen LogP contribution in [0.15, 0.2) is 48.9 Å². The van der Waals surface area contributed by atoms with Gasteiger partial charge in [0.2, 0.25) is 0 Å². The van der Waals surface area contributed by atoms with E-state index in [2.05, 4.69) is 10.1 Å². The molecule has 3 rings (SSSR count). The predicted octanol–water partition coefficient (Wildman–Crippen LogP) is 5.44. The van der Waals surface area contributed by atoms with Crippen LogP contribution >= 0.6 is 0 Å². The van der Waals surface area contributed by atoms with Crippen LogP contribution in [-0.2, 0) is 13.5 Å². The highest BCUT2D eigenvalue weighted by Crippen LogP contribution is 2.27. The van der Waals surface area contributed by atoms with Crippen LogP contribution in [0.1, 0.15) is 30.0 Å². The third-order valence-electron chi connectivity index (χ3n) is 4.54. The van der Waals surface area contributed by atoms with Crippen molar-refractivity contribution in [1.29, 1.82) is 0 Å². The largest absolute Gasteiger partial charge is 0.491 e. The first-order chi connectivity index (χ1) is 13.5. The van der Waals surface area contributed by atoms with Crippen molar-refractivity contribution < 1.29 is 13.5 Å². The lowest BCUT2D eigenvalue weighted by Gasteiger charge is -2.12. The van der Waals surface area contributed by atoms with E-state index in [1.807, 2.05) is 51.5 Å². The Morgan fingerprint density at radius 2 is 2.00 bits per heavy atom. The smallest absolute Gasteiger partial charge is 0.171 e. The fourth-order valence-corrected chi connectivity index (χ4v) is 3.00. The number of aromatic amines is 2. The summed E-state index contributed by atoms with van der Waals surface area (Å²) in [6.45, 7) is 4.26. The Balaban J connectivity index is 2.04. The average Bonchev–Trinajstić information content (AvgIpc) is 3.20. The van der Waals surface area contributed by atoms with Gasteiger partial charge in [0.1, 0.15) is 5.82 Å². The summed E-state index contributed by atoms with van der Waals surface area (Å²) in [5, 5.41) is 3.13. The Bertz CT molecular complexity index is 986. The second-order valence-electron chi connectivity index (χ2n) is 6.77. The molecule has 0 unspecified atom stereocenters. The molecule has 28 heavy (non-hydrogen) atoms.